The second kappa shape index (κ2) is 5.96. The van der Waals surface area contributed by atoms with Gasteiger partial charge in [0.05, 0.1) is 17.9 Å². The van der Waals surface area contributed by atoms with E-state index in [1.54, 1.807) is 12.0 Å². The molecule has 0 saturated carbocycles. The molecule has 0 fully saturated rings. The second-order valence-corrected chi connectivity index (χ2v) is 7.11. The lowest BCUT2D eigenvalue weighted by molar-refractivity contribution is 0.146. The van der Waals surface area contributed by atoms with Crippen LogP contribution in [0.4, 0.5) is 5.69 Å². The molecule has 2 rings (SSSR count). The van der Waals surface area contributed by atoms with E-state index in [4.69, 9.17) is 27.9 Å². The number of hydrogen-bond donors (Lipinski definition) is 2. The standard InChI is InChI=1S/C12H12Cl2N2O4S/c1-20-12-7(5-17)11(16-21(2,18)19)10-8(14)3-6(13)4-9(10)15-12/h3-4,11-12,15-16H,1-2H3/t11-,12-/m0/s1. The maximum atomic E-state index is 11.6. The number of carbonyl (C=O) groups excluding carboxylic acids is 1. The average molecular weight is 351 g/mol. The van der Waals surface area contributed by atoms with Gasteiger partial charge in [0.15, 0.2) is 6.23 Å². The lowest BCUT2D eigenvalue weighted by Gasteiger charge is -2.33. The van der Waals surface area contributed by atoms with Crippen LogP contribution in [-0.2, 0) is 19.6 Å². The molecule has 2 atom stereocenters. The van der Waals surface area contributed by atoms with E-state index in [0.717, 1.165) is 6.26 Å². The summed E-state index contributed by atoms with van der Waals surface area (Å²) in [5.41, 5.74) is 0.942. The first-order valence-corrected chi connectivity index (χ1v) is 8.42. The summed E-state index contributed by atoms with van der Waals surface area (Å²) in [6.07, 6.45) is 0.159. The third kappa shape index (κ3) is 3.40. The first-order chi connectivity index (χ1) is 9.76. The van der Waals surface area contributed by atoms with Crippen LogP contribution in [0, 0.1) is 0 Å². The van der Waals surface area contributed by atoms with E-state index in [2.05, 4.69) is 10.0 Å². The SMILES string of the molecule is CO[C@@H]1Nc2cc(Cl)cc(Cl)c2[C@@H](NS(C)(=O)=O)C1=C=O. The van der Waals surface area contributed by atoms with Crippen LogP contribution in [0.2, 0.25) is 10.0 Å². The maximum absolute atomic E-state index is 11.6. The van der Waals surface area contributed by atoms with E-state index >= 15 is 0 Å². The van der Waals surface area contributed by atoms with Crippen LogP contribution in [-0.4, -0.2) is 34.0 Å². The minimum Gasteiger partial charge on any atom is -0.357 e. The Kier molecular flexibility index (Phi) is 4.63. The lowest BCUT2D eigenvalue weighted by atomic mass is 9.93. The Bertz CT molecular complexity index is 729. The molecular weight excluding hydrogens is 339 g/mol. The number of anilines is 1. The molecule has 1 heterocycles. The zero-order valence-corrected chi connectivity index (χ0v) is 13.4. The Morgan fingerprint density at radius 2 is 2.05 bits per heavy atom. The quantitative estimate of drug-likeness (QED) is 0.811. The van der Waals surface area contributed by atoms with Gasteiger partial charge in [0, 0.05) is 28.4 Å². The maximum Gasteiger partial charge on any atom is 0.209 e. The summed E-state index contributed by atoms with van der Waals surface area (Å²) in [5, 5.41) is 3.52. The Hall–Kier alpha value is -1.08. The zero-order chi connectivity index (χ0) is 15.8. The molecule has 0 spiro atoms. The van der Waals surface area contributed by atoms with Crippen LogP contribution < -0.4 is 10.0 Å². The van der Waals surface area contributed by atoms with Gasteiger partial charge in [-0.15, -0.1) is 0 Å². The van der Waals surface area contributed by atoms with Gasteiger partial charge in [-0.1, -0.05) is 23.2 Å². The Morgan fingerprint density at radius 3 is 2.57 bits per heavy atom. The Labute approximate surface area is 132 Å². The monoisotopic (exact) mass is 350 g/mol. The molecule has 21 heavy (non-hydrogen) atoms. The van der Waals surface area contributed by atoms with E-state index in [0.29, 0.717) is 16.3 Å². The molecular formula is C12H12Cl2N2O4S. The molecule has 1 aromatic rings. The van der Waals surface area contributed by atoms with Gasteiger partial charge < -0.3 is 10.1 Å². The van der Waals surface area contributed by atoms with Crippen molar-refractivity contribution in [3.8, 4) is 0 Å². The number of hydrogen-bond acceptors (Lipinski definition) is 5. The van der Waals surface area contributed by atoms with Gasteiger partial charge in [0.2, 0.25) is 10.0 Å². The molecule has 0 aromatic heterocycles. The van der Waals surface area contributed by atoms with Gasteiger partial charge in [0.25, 0.3) is 0 Å². The average Bonchev–Trinajstić information content (AvgIpc) is 2.35. The molecule has 114 valence electrons. The highest BCUT2D eigenvalue weighted by Crippen LogP contribution is 2.41. The summed E-state index contributed by atoms with van der Waals surface area (Å²) >= 11 is 12.1. The first-order valence-electron chi connectivity index (χ1n) is 5.77. The summed E-state index contributed by atoms with van der Waals surface area (Å²) < 4.78 is 30.6. The van der Waals surface area contributed by atoms with Crippen LogP contribution in [0.5, 0.6) is 0 Å². The molecule has 6 nitrogen and oxygen atoms in total. The van der Waals surface area contributed by atoms with E-state index < -0.39 is 22.3 Å². The van der Waals surface area contributed by atoms with Gasteiger partial charge in [-0.05, 0) is 12.1 Å². The molecule has 1 aliphatic rings. The van der Waals surface area contributed by atoms with Crippen molar-refractivity contribution in [2.45, 2.75) is 12.3 Å². The minimum absolute atomic E-state index is 0.0552. The number of sulfonamides is 1. The number of nitrogens with one attached hydrogen (secondary N) is 2. The molecule has 0 aliphatic carbocycles. The highest BCUT2D eigenvalue weighted by molar-refractivity contribution is 7.88. The van der Waals surface area contributed by atoms with Crippen molar-refractivity contribution in [2.75, 3.05) is 18.7 Å². The summed E-state index contributed by atoms with van der Waals surface area (Å²) in [7, 11) is -2.21. The van der Waals surface area contributed by atoms with Gasteiger partial charge >= 0.3 is 0 Å². The van der Waals surface area contributed by atoms with E-state index in [1.807, 2.05) is 0 Å². The molecule has 0 unspecified atom stereocenters. The summed E-state index contributed by atoms with van der Waals surface area (Å²) in [6, 6.07) is 2.08. The number of methoxy groups -OCH3 is 1. The molecule has 1 aliphatic heterocycles. The van der Waals surface area contributed by atoms with E-state index in [-0.39, 0.29) is 10.6 Å². The third-order valence-electron chi connectivity index (χ3n) is 2.95. The lowest BCUT2D eigenvalue weighted by Crippen LogP contribution is -2.40. The van der Waals surface area contributed by atoms with E-state index in [1.165, 1.54) is 13.2 Å². The summed E-state index contributed by atoms with van der Waals surface area (Å²) in [5.74, 6) is 1.72. The number of ether oxygens (including phenoxy) is 1. The van der Waals surface area contributed by atoms with Gasteiger partial charge in [-0.3, -0.25) is 0 Å². The molecule has 2 N–H and O–H groups in total. The molecule has 1 aromatic carbocycles. The van der Waals surface area contributed by atoms with Gasteiger partial charge in [-0.2, -0.15) is 0 Å². The molecule has 0 amide bonds. The highest BCUT2D eigenvalue weighted by atomic mass is 35.5. The zero-order valence-electron chi connectivity index (χ0n) is 11.1. The van der Waals surface area contributed by atoms with Crippen molar-refractivity contribution in [3.63, 3.8) is 0 Å². The van der Waals surface area contributed by atoms with Gasteiger partial charge in [0.1, 0.15) is 5.94 Å². The number of halogens is 2. The van der Waals surface area contributed by atoms with Crippen molar-refractivity contribution >= 4 is 44.9 Å². The minimum atomic E-state index is -3.59. The van der Waals surface area contributed by atoms with Crippen LogP contribution in [0.1, 0.15) is 11.6 Å². The number of benzene rings is 1. The molecule has 0 saturated heterocycles. The fourth-order valence-electron chi connectivity index (χ4n) is 2.16. The third-order valence-corrected chi connectivity index (χ3v) is 4.14. The fourth-order valence-corrected chi connectivity index (χ4v) is 3.43. The first kappa shape index (κ1) is 16.3. The van der Waals surface area contributed by atoms with Crippen molar-refractivity contribution in [2.24, 2.45) is 0 Å². The van der Waals surface area contributed by atoms with Crippen molar-refractivity contribution in [1.29, 1.82) is 0 Å². The molecule has 9 heteroatoms. The van der Waals surface area contributed by atoms with Crippen LogP contribution in [0.15, 0.2) is 17.7 Å². The summed E-state index contributed by atoms with van der Waals surface area (Å²) in [6.45, 7) is 0. The summed E-state index contributed by atoms with van der Waals surface area (Å²) in [4.78, 5) is 11.2. The van der Waals surface area contributed by atoms with Crippen LogP contribution >= 0.6 is 23.2 Å². The molecule has 0 bridgehead atoms. The number of rotatable bonds is 3. The Balaban J connectivity index is 2.67. The highest BCUT2D eigenvalue weighted by Gasteiger charge is 2.36. The largest absolute Gasteiger partial charge is 0.357 e. The number of fused-ring (bicyclic) bond motifs is 1. The topological polar surface area (TPSA) is 84.5 Å². The fraction of sp³-hybridized carbons (Fsp3) is 0.333. The van der Waals surface area contributed by atoms with E-state index in [9.17, 15) is 13.2 Å². The van der Waals surface area contributed by atoms with Gasteiger partial charge in [-0.25, -0.2) is 17.9 Å². The Morgan fingerprint density at radius 1 is 1.38 bits per heavy atom. The molecule has 0 radical (unpaired) electrons. The van der Waals surface area contributed by atoms with Crippen molar-refractivity contribution in [1.82, 2.24) is 4.72 Å². The predicted octanol–water partition coefficient (Wildman–Crippen LogP) is 1.74. The smallest absolute Gasteiger partial charge is 0.209 e. The second-order valence-electron chi connectivity index (χ2n) is 4.49. The van der Waals surface area contributed by atoms with Crippen LogP contribution in [0.3, 0.4) is 0 Å². The normalized spacial score (nSPS) is 21.4. The predicted molar refractivity (Wildman–Crippen MR) is 80.8 cm³/mol. The van der Waals surface area contributed by atoms with Crippen LogP contribution in [0.25, 0.3) is 0 Å². The van der Waals surface area contributed by atoms with Crippen molar-refractivity contribution in [3.05, 3.63) is 33.3 Å². The van der Waals surface area contributed by atoms with Crippen molar-refractivity contribution < 1.29 is 17.9 Å².